The molecule has 0 aliphatic carbocycles. The highest BCUT2D eigenvalue weighted by Crippen LogP contribution is 2.31. The van der Waals surface area contributed by atoms with Gasteiger partial charge >= 0.3 is 6.18 Å². The summed E-state index contributed by atoms with van der Waals surface area (Å²) in [6, 6.07) is 27.8. The Morgan fingerprint density at radius 3 is 1.67 bits per heavy atom. The second-order valence-corrected chi connectivity index (χ2v) is 8.35. The lowest BCUT2D eigenvalue weighted by atomic mass is 10.00. The Balaban J connectivity index is 1.42. The molecule has 4 aromatic carbocycles. The minimum absolute atomic E-state index is 0.236. The number of hydrogen-bond acceptors (Lipinski definition) is 2. The van der Waals surface area contributed by atoms with Crippen molar-refractivity contribution in [2.75, 3.05) is 0 Å². The van der Waals surface area contributed by atoms with E-state index in [1.54, 1.807) is 24.3 Å². The molecule has 0 heterocycles. The van der Waals surface area contributed by atoms with Gasteiger partial charge in [0.2, 0.25) is 5.91 Å². The quantitative estimate of drug-likeness (QED) is 0.342. The highest BCUT2D eigenvalue weighted by Gasteiger charge is 2.30. The van der Waals surface area contributed by atoms with E-state index in [0.29, 0.717) is 16.7 Å². The van der Waals surface area contributed by atoms with Crippen LogP contribution in [0.1, 0.15) is 21.5 Å². The number of halogens is 3. The summed E-state index contributed by atoms with van der Waals surface area (Å²) in [4.78, 5) is 24.8. The van der Waals surface area contributed by atoms with Crippen molar-refractivity contribution in [3.05, 3.63) is 120 Å². The van der Waals surface area contributed by atoms with Gasteiger partial charge < -0.3 is 11.1 Å². The number of nitrogens with one attached hydrogen (secondary N) is 1. The molecule has 1 atom stereocenters. The lowest BCUT2D eigenvalue weighted by Gasteiger charge is -2.16. The van der Waals surface area contributed by atoms with E-state index in [-0.39, 0.29) is 6.42 Å². The molecule has 0 aliphatic heterocycles. The van der Waals surface area contributed by atoms with Gasteiger partial charge in [-0.05, 0) is 52.1 Å². The van der Waals surface area contributed by atoms with E-state index >= 15 is 0 Å². The Bertz CT molecular complexity index is 1330. The zero-order valence-corrected chi connectivity index (χ0v) is 19.1. The fourth-order valence-electron chi connectivity index (χ4n) is 3.83. The molecular formula is C29H23F3N2O2. The summed E-state index contributed by atoms with van der Waals surface area (Å²) in [5.41, 5.74) is 9.31. The summed E-state index contributed by atoms with van der Waals surface area (Å²) in [6.45, 7) is 0. The number of hydrogen-bond donors (Lipinski definition) is 2. The molecule has 4 rings (SSSR count). The van der Waals surface area contributed by atoms with Crippen LogP contribution in [0.25, 0.3) is 22.3 Å². The molecule has 0 aliphatic rings. The molecule has 3 N–H and O–H groups in total. The number of benzene rings is 4. The van der Waals surface area contributed by atoms with Crippen LogP contribution >= 0.6 is 0 Å². The molecule has 0 radical (unpaired) electrons. The Morgan fingerprint density at radius 2 is 1.17 bits per heavy atom. The summed E-state index contributed by atoms with van der Waals surface area (Å²) in [7, 11) is 0. The van der Waals surface area contributed by atoms with Crippen molar-refractivity contribution in [1.82, 2.24) is 5.32 Å². The number of carbonyl (C=O) groups excluding carboxylic acids is 2. The van der Waals surface area contributed by atoms with Crippen molar-refractivity contribution in [2.24, 2.45) is 5.73 Å². The van der Waals surface area contributed by atoms with Crippen molar-refractivity contribution in [3.63, 3.8) is 0 Å². The van der Waals surface area contributed by atoms with E-state index in [0.717, 1.165) is 28.8 Å². The van der Waals surface area contributed by atoms with Gasteiger partial charge in [-0.15, -0.1) is 0 Å². The van der Waals surface area contributed by atoms with Gasteiger partial charge in [0.05, 0.1) is 5.56 Å². The molecule has 4 nitrogen and oxygen atoms in total. The number of alkyl halides is 3. The maximum Gasteiger partial charge on any atom is 0.416 e. The molecule has 1 unspecified atom stereocenters. The average Bonchev–Trinajstić information content (AvgIpc) is 2.89. The summed E-state index contributed by atoms with van der Waals surface area (Å²) >= 11 is 0. The number of nitrogens with two attached hydrogens (primary N) is 1. The number of carbonyl (C=O) groups is 2. The molecular weight excluding hydrogens is 465 g/mol. The predicted octanol–water partition coefficient (Wildman–Crippen LogP) is 5.87. The summed E-state index contributed by atoms with van der Waals surface area (Å²) in [5, 5.41) is 2.67. The summed E-state index contributed by atoms with van der Waals surface area (Å²) < 4.78 is 38.3. The molecule has 182 valence electrons. The zero-order valence-electron chi connectivity index (χ0n) is 19.1. The molecule has 0 saturated carbocycles. The first kappa shape index (κ1) is 24.7. The fourth-order valence-corrected chi connectivity index (χ4v) is 3.83. The zero-order chi connectivity index (χ0) is 25.7. The third-order valence-electron chi connectivity index (χ3n) is 5.84. The van der Waals surface area contributed by atoms with Crippen LogP contribution in [0.3, 0.4) is 0 Å². The van der Waals surface area contributed by atoms with Crippen LogP contribution in [0, 0.1) is 0 Å². The summed E-state index contributed by atoms with van der Waals surface area (Å²) in [6.07, 6.45) is -4.17. The molecule has 0 spiro atoms. The Hall–Kier alpha value is -4.39. The SMILES string of the molecule is NC(=O)C(Cc1ccc(-c2ccccc2)cc1)NC(=O)c1ccc(-c2ccc(C(F)(F)F)cc2)cc1. The second kappa shape index (κ2) is 10.5. The van der Waals surface area contributed by atoms with Crippen molar-refractivity contribution in [2.45, 2.75) is 18.6 Å². The highest BCUT2D eigenvalue weighted by atomic mass is 19.4. The van der Waals surface area contributed by atoms with E-state index in [1.165, 1.54) is 12.1 Å². The number of amides is 2. The van der Waals surface area contributed by atoms with E-state index in [2.05, 4.69) is 5.32 Å². The van der Waals surface area contributed by atoms with Crippen molar-refractivity contribution in [3.8, 4) is 22.3 Å². The molecule has 2 amide bonds. The Morgan fingerprint density at radius 1 is 0.694 bits per heavy atom. The van der Waals surface area contributed by atoms with Gasteiger partial charge in [0.25, 0.3) is 5.91 Å². The maximum absolute atomic E-state index is 12.8. The molecule has 0 bridgehead atoms. The van der Waals surface area contributed by atoms with Crippen LogP contribution in [-0.4, -0.2) is 17.9 Å². The number of rotatable bonds is 7. The van der Waals surface area contributed by atoms with E-state index in [9.17, 15) is 22.8 Å². The van der Waals surface area contributed by atoms with Gasteiger partial charge in [0, 0.05) is 12.0 Å². The van der Waals surface area contributed by atoms with Crippen LogP contribution in [0.4, 0.5) is 13.2 Å². The molecule has 4 aromatic rings. The lowest BCUT2D eigenvalue weighted by Crippen LogP contribution is -2.45. The van der Waals surface area contributed by atoms with Crippen molar-refractivity contribution >= 4 is 11.8 Å². The predicted molar refractivity (Wildman–Crippen MR) is 133 cm³/mol. The fraction of sp³-hybridized carbons (Fsp3) is 0.103. The Kier molecular flexibility index (Phi) is 7.20. The summed E-state index contributed by atoms with van der Waals surface area (Å²) in [5.74, 6) is -1.13. The molecule has 7 heteroatoms. The Labute approximate surface area is 206 Å². The van der Waals surface area contributed by atoms with Gasteiger partial charge in [-0.3, -0.25) is 9.59 Å². The van der Waals surface area contributed by atoms with Crippen molar-refractivity contribution in [1.29, 1.82) is 0 Å². The minimum Gasteiger partial charge on any atom is -0.368 e. The van der Waals surface area contributed by atoms with Crippen molar-refractivity contribution < 1.29 is 22.8 Å². The molecule has 36 heavy (non-hydrogen) atoms. The second-order valence-electron chi connectivity index (χ2n) is 8.35. The highest BCUT2D eigenvalue weighted by molar-refractivity contribution is 5.97. The van der Waals surface area contributed by atoms with Gasteiger partial charge in [0.15, 0.2) is 0 Å². The van der Waals surface area contributed by atoms with Gasteiger partial charge in [0.1, 0.15) is 6.04 Å². The standard InChI is InChI=1S/C29H23F3N2O2/c30-29(31,32)25-16-14-23(15-17-25)22-10-12-24(13-11-22)28(36)34-26(27(33)35)18-19-6-8-21(9-7-19)20-4-2-1-3-5-20/h1-17,26H,18H2,(H2,33,35)(H,34,36). The lowest BCUT2D eigenvalue weighted by molar-refractivity contribution is -0.137. The van der Waals surface area contributed by atoms with Crippen LogP contribution in [0.2, 0.25) is 0 Å². The smallest absolute Gasteiger partial charge is 0.368 e. The van der Waals surface area contributed by atoms with Crippen LogP contribution in [0.5, 0.6) is 0 Å². The molecule has 0 fully saturated rings. The van der Waals surface area contributed by atoms with Gasteiger partial charge in [-0.25, -0.2) is 0 Å². The van der Waals surface area contributed by atoms with Gasteiger partial charge in [-0.2, -0.15) is 13.2 Å². The average molecular weight is 489 g/mol. The van der Waals surface area contributed by atoms with Crippen LogP contribution < -0.4 is 11.1 Å². The van der Waals surface area contributed by atoms with Gasteiger partial charge in [-0.1, -0.05) is 78.9 Å². The monoisotopic (exact) mass is 488 g/mol. The first-order valence-corrected chi connectivity index (χ1v) is 11.2. The first-order chi connectivity index (χ1) is 17.2. The van der Waals surface area contributed by atoms with E-state index in [4.69, 9.17) is 5.73 Å². The van der Waals surface area contributed by atoms with Crippen LogP contribution in [-0.2, 0) is 17.4 Å². The molecule has 0 saturated heterocycles. The minimum atomic E-state index is -4.40. The maximum atomic E-state index is 12.8. The largest absolute Gasteiger partial charge is 0.416 e. The normalized spacial score (nSPS) is 12.1. The third kappa shape index (κ3) is 5.99. The van der Waals surface area contributed by atoms with Crippen LogP contribution in [0.15, 0.2) is 103 Å². The molecule has 0 aromatic heterocycles. The van der Waals surface area contributed by atoms with E-state index in [1.807, 2.05) is 54.6 Å². The number of primary amides is 1. The van der Waals surface area contributed by atoms with E-state index < -0.39 is 29.6 Å². The first-order valence-electron chi connectivity index (χ1n) is 11.2. The third-order valence-corrected chi connectivity index (χ3v) is 5.84. The topological polar surface area (TPSA) is 72.2 Å².